The first-order chi connectivity index (χ1) is 16.6. The number of carbonyl (C=O) groups excluding carboxylic acids is 1. The van der Waals surface area contributed by atoms with E-state index in [4.69, 9.17) is 9.47 Å². The summed E-state index contributed by atoms with van der Waals surface area (Å²) in [5, 5.41) is 32.4. The Balaban J connectivity index is 1.45. The highest BCUT2D eigenvalue weighted by atomic mass is 16.6. The molecule has 6 heteroatoms. The van der Waals surface area contributed by atoms with E-state index in [0.29, 0.717) is 29.1 Å². The molecule has 3 N–H and O–H groups in total. The molecule has 0 radical (unpaired) electrons. The Morgan fingerprint density at radius 2 is 1.69 bits per heavy atom. The molecule has 5 rings (SSSR count). The first-order valence-corrected chi connectivity index (χ1v) is 14.6. The van der Waals surface area contributed by atoms with E-state index in [9.17, 15) is 20.1 Å². The summed E-state index contributed by atoms with van der Waals surface area (Å²) in [6, 6.07) is 0. The van der Waals surface area contributed by atoms with Crippen LogP contribution in [-0.2, 0) is 14.3 Å². The maximum absolute atomic E-state index is 12.4. The molecule has 1 aliphatic heterocycles. The minimum absolute atomic E-state index is 0.0206. The molecule has 6 nitrogen and oxygen atoms in total. The number of ether oxygens (including phenoxy) is 2. The predicted octanol–water partition coefficient (Wildman–Crippen LogP) is 4.47. The van der Waals surface area contributed by atoms with Gasteiger partial charge in [0.1, 0.15) is 11.7 Å². The van der Waals surface area contributed by atoms with Gasteiger partial charge in [-0.2, -0.15) is 0 Å². The molecular formula is C30H50O6. The maximum Gasteiger partial charge on any atom is 0.303 e. The van der Waals surface area contributed by atoms with Crippen LogP contribution in [0.2, 0.25) is 0 Å². The molecule has 5 aliphatic rings. The van der Waals surface area contributed by atoms with Crippen LogP contribution in [0.25, 0.3) is 0 Å². The smallest absolute Gasteiger partial charge is 0.303 e. The number of hydrogen-bond donors (Lipinski definition) is 3. The normalized spacial score (nSPS) is 51.9. The number of aliphatic hydroxyl groups is 3. The van der Waals surface area contributed by atoms with Crippen molar-refractivity contribution in [3.05, 3.63) is 0 Å². The van der Waals surface area contributed by atoms with Crippen LogP contribution in [0.1, 0.15) is 99.8 Å². The van der Waals surface area contributed by atoms with Crippen LogP contribution in [0, 0.1) is 46.3 Å². The average Bonchev–Trinajstić information content (AvgIpc) is 3.23. The highest BCUT2D eigenvalue weighted by Crippen LogP contribution is 2.71. The van der Waals surface area contributed by atoms with Crippen molar-refractivity contribution in [1.29, 1.82) is 0 Å². The van der Waals surface area contributed by atoms with Crippen molar-refractivity contribution >= 4 is 5.97 Å². The van der Waals surface area contributed by atoms with Gasteiger partial charge in [-0.15, -0.1) is 0 Å². The van der Waals surface area contributed by atoms with Gasteiger partial charge in [-0.05, 0) is 107 Å². The molecule has 13 unspecified atom stereocenters. The molecule has 0 amide bonds. The van der Waals surface area contributed by atoms with E-state index in [2.05, 4.69) is 13.8 Å². The first-order valence-electron chi connectivity index (χ1n) is 14.6. The fourth-order valence-electron chi connectivity index (χ4n) is 10.4. The zero-order valence-corrected chi connectivity index (χ0v) is 23.5. The number of fused-ring (bicyclic) bond motifs is 7. The van der Waals surface area contributed by atoms with Crippen molar-refractivity contribution in [3.63, 3.8) is 0 Å². The molecule has 0 spiro atoms. The van der Waals surface area contributed by atoms with Gasteiger partial charge in [-0.1, -0.05) is 20.8 Å². The van der Waals surface area contributed by atoms with Crippen molar-refractivity contribution in [2.75, 3.05) is 0 Å². The number of rotatable bonds is 4. The van der Waals surface area contributed by atoms with Crippen molar-refractivity contribution < 1.29 is 29.6 Å². The van der Waals surface area contributed by atoms with Gasteiger partial charge >= 0.3 is 5.97 Å². The zero-order chi connectivity index (χ0) is 26.4. The van der Waals surface area contributed by atoms with Crippen molar-refractivity contribution in [1.82, 2.24) is 0 Å². The summed E-state index contributed by atoms with van der Waals surface area (Å²) in [4.78, 5) is 12.4. The van der Waals surface area contributed by atoms with Crippen molar-refractivity contribution in [2.24, 2.45) is 46.3 Å². The predicted molar refractivity (Wildman–Crippen MR) is 137 cm³/mol. The van der Waals surface area contributed by atoms with Crippen molar-refractivity contribution in [2.45, 2.75) is 135 Å². The van der Waals surface area contributed by atoms with Gasteiger partial charge in [-0.25, -0.2) is 0 Å². The Labute approximate surface area is 217 Å². The molecule has 0 aromatic heterocycles. The number of esters is 1. The van der Waals surface area contributed by atoms with Gasteiger partial charge in [0, 0.05) is 18.8 Å². The topological polar surface area (TPSA) is 96.2 Å². The SMILES string of the molecule is CC(=O)OC1(C)C(C(O)C(C)C(C)(C)O)OC2CC3C4CCC5CC(O)CCC5(C)C4CCC3(C)C21. The second-order valence-electron chi connectivity index (χ2n) is 14.6. The van der Waals surface area contributed by atoms with Crippen LogP contribution in [0.3, 0.4) is 0 Å². The van der Waals surface area contributed by atoms with Gasteiger partial charge in [0.15, 0.2) is 0 Å². The fraction of sp³-hybridized carbons (Fsp3) is 0.967. The van der Waals surface area contributed by atoms with Gasteiger partial charge in [-0.3, -0.25) is 4.79 Å². The second-order valence-corrected chi connectivity index (χ2v) is 14.6. The van der Waals surface area contributed by atoms with E-state index in [0.717, 1.165) is 32.1 Å². The highest BCUT2D eigenvalue weighted by Gasteiger charge is 2.72. The number of carbonyl (C=O) groups is 1. The minimum Gasteiger partial charge on any atom is -0.456 e. The highest BCUT2D eigenvalue weighted by molar-refractivity contribution is 5.66. The minimum atomic E-state index is -1.08. The third-order valence-corrected chi connectivity index (χ3v) is 12.4. The molecule has 206 valence electrons. The molecule has 5 fully saturated rings. The zero-order valence-electron chi connectivity index (χ0n) is 23.5. The summed E-state index contributed by atoms with van der Waals surface area (Å²) in [5.74, 6) is 1.68. The molecule has 0 bridgehead atoms. The van der Waals surface area contributed by atoms with E-state index >= 15 is 0 Å². The molecule has 1 saturated heterocycles. The Morgan fingerprint density at radius 3 is 2.33 bits per heavy atom. The van der Waals surface area contributed by atoms with Crippen LogP contribution in [-0.4, -0.2) is 56.9 Å². The standard InChI is InChI=1S/C30H50O6/c1-16(27(3,4)34)24(33)26-30(7,36-17(2)31)25-23(35-26)15-22-20-9-8-18-14-19(32)10-12-28(18,5)21(20)11-13-29(22,25)6/h16,18-26,32-34H,8-15H2,1-7H3. The van der Waals surface area contributed by atoms with Gasteiger partial charge < -0.3 is 24.8 Å². The monoisotopic (exact) mass is 506 g/mol. The fourth-order valence-corrected chi connectivity index (χ4v) is 10.4. The first kappa shape index (κ1) is 26.9. The van der Waals surface area contributed by atoms with Crippen LogP contribution < -0.4 is 0 Å². The summed E-state index contributed by atoms with van der Waals surface area (Å²) in [6.07, 6.45) is 6.82. The average molecular weight is 507 g/mol. The Bertz CT molecular complexity index is 868. The summed E-state index contributed by atoms with van der Waals surface area (Å²) in [7, 11) is 0. The molecule has 13 atom stereocenters. The number of aliphatic hydroxyl groups excluding tert-OH is 2. The van der Waals surface area contributed by atoms with Gasteiger partial charge in [0.05, 0.1) is 23.9 Å². The van der Waals surface area contributed by atoms with Gasteiger partial charge in [0.2, 0.25) is 0 Å². The largest absolute Gasteiger partial charge is 0.456 e. The maximum atomic E-state index is 12.4. The van der Waals surface area contributed by atoms with Crippen LogP contribution in [0.15, 0.2) is 0 Å². The Morgan fingerprint density at radius 1 is 1.03 bits per heavy atom. The van der Waals surface area contributed by atoms with Crippen LogP contribution in [0.4, 0.5) is 0 Å². The second kappa shape index (κ2) is 8.66. The van der Waals surface area contributed by atoms with Crippen molar-refractivity contribution in [3.8, 4) is 0 Å². The molecule has 4 saturated carbocycles. The summed E-state index contributed by atoms with van der Waals surface area (Å²) < 4.78 is 12.8. The van der Waals surface area contributed by atoms with E-state index < -0.39 is 29.3 Å². The summed E-state index contributed by atoms with van der Waals surface area (Å²) in [6.45, 7) is 13.6. The summed E-state index contributed by atoms with van der Waals surface area (Å²) >= 11 is 0. The third kappa shape index (κ3) is 3.83. The molecular weight excluding hydrogens is 456 g/mol. The van der Waals surface area contributed by atoms with E-state index in [1.807, 2.05) is 13.8 Å². The van der Waals surface area contributed by atoms with Crippen LogP contribution in [0.5, 0.6) is 0 Å². The lowest BCUT2D eigenvalue weighted by Gasteiger charge is -2.61. The molecule has 1 heterocycles. The van der Waals surface area contributed by atoms with E-state index in [-0.39, 0.29) is 29.5 Å². The molecule has 36 heavy (non-hydrogen) atoms. The Kier molecular flexibility index (Phi) is 6.47. The molecule has 0 aromatic carbocycles. The van der Waals surface area contributed by atoms with E-state index in [1.165, 1.54) is 26.2 Å². The summed E-state index contributed by atoms with van der Waals surface area (Å²) in [5.41, 5.74) is -1.74. The quantitative estimate of drug-likeness (QED) is 0.487. The van der Waals surface area contributed by atoms with E-state index in [1.54, 1.807) is 13.8 Å². The molecule has 4 aliphatic carbocycles. The Hall–Kier alpha value is -0.690. The molecule has 0 aromatic rings. The lowest BCUT2D eigenvalue weighted by molar-refractivity contribution is -0.196. The third-order valence-electron chi connectivity index (χ3n) is 12.4. The number of hydrogen-bond acceptors (Lipinski definition) is 6. The lowest BCUT2D eigenvalue weighted by Crippen LogP contribution is -2.59. The lowest BCUT2D eigenvalue weighted by atomic mass is 9.44. The van der Waals surface area contributed by atoms with Gasteiger partial charge in [0.25, 0.3) is 0 Å². The van der Waals surface area contributed by atoms with Crippen LogP contribution >= 0.6 is 0 Å².